The van der Waals surface area contributed by atoms with Crippen molar-refractivity contribution in [2.24, 2.45) is 5.41 Å². The lowest BCUT2D eigenvalue weighted by atomic mass is 9.91. The fourth-order valence-corrected chi connectivity index (χ4v) is 1.68. The average molecular weight is 290 g/mol. The quantitative estimate of drug-likeness (QED) is 0.619. The Morgan fingerprint density at radius 3 is 1.50 bits per heavy atom. The van der Waals surface area contributed by atoms with Crippen molar-refractivity contribution in [3.63, 3.8) is 0 Å². The van der Waals surface area contributed by atoms with Crippen LogP contribution < -0.4 is 0 Å². The summed E-state index contributed by atoms with van der Waals surface area (Å²) in [5.41, 5.74) is -0.606. The molecule has 0 aromatic rings. The van der Waals surface area contributed by atoms with Crippen LogP contribution in [0.2, 0.25) is 0 Å². The summed E-state index contributed by atoms with van der Waals surface area (Å²) in [6.45, 7) is 14.7. The summed E-state index contributed by atoms with van der Waals surface area (Å²) in [4.78, 5) is 0. The molecule has 4 heteroatoms. The molecule has 0 rings (SSSR count). The standard InChI is InChI=1S/C16H34O4/c1-9-15(5,6)20-13-16(10-17-7,11-18-8)12-19-14(2,3)4/h9-13H2,1-8H3. The summed E-state index contributed by atoms with van der Waals surface area (Å²) < 4.78 is 22.8. The summed E-state index contributed by atoms with van der Waals surface area (Å²) in [7, 11) is 3.40. The van der Waals surface area contributed by atoms with Gasteiger partial charge in [0, 0.05) is 14.2 Å². The molecular formula is C16H34O4. The first kappa shape index (κ1) is 19.8. The smallest absolute Gasteiger partial charge is 0.0638 e. The van der Waals surface area contributed by atoms with Crippen LogP contribution >= 0.6 is 0 Å². The van der Waals surface area contributed by atoms with E-state index < -0.39 is 0 Å². The van der Waals surface area contributed by atoms with Gasteiger partial charge in [-0.25, -0.2) is 0 Å². The zero-order valence-corrected chi connectivity index (χ0v) is 14.7. The minimum absolute atomic E-state index is 0.144. The molecule has 0 saturated carbocycles. The van der Waals surface area contributed by atoms with E-state index in [9.17, 15) is 0 Å². The van der Waals surface area contributed by atoms with Gasteiger partial charge in [0.05, 0.1) is 43.0 Å². The van der Waals surface area contributed by atoms with Crippen molar-refractivity contribution >= 4 is 0 Å². The maximum absolute atomic E-state index is 6.07. The van der Waals surface area contributed by atoms with E-state index in [0.29, 0.717) is 26.4 Å². The topological polar surface area (TPSA) is 36.9 Å². The molecule has 0 aliphatic carbocycles. The Morgan fingerprint density at radius 2 is 1.15 bits per heavy atom. The second-order valence-electron chi connectivity index (χ2n) is 7.17. The Bertz CT molecular complexity index is 250. The van der Waals surface area contributed by atoms with Crippen LogP contribution in [-0.4, -0.2) is 51.8 Å². The first-order chi connectivity index (χ1) is 9.10. The minimum atomic E-state index is -0.275. The summed E-state index contributed by atoms with van der Waals surface area (Å²) in [5, 5.41) is 0. The zero-order valence-electron chi connectivity index (χ0n) is 14.7. The number of ether oxygens (including phenoxy) is 4. The van der Waals surface area contributed by atoms with Crippen LogP contribution in [0.3, 0.4) is 0 Å². The highest BCUT2D eigenvalue weighted by Crippen LogP contribution is 2.26. The molecule has 0 amide bonds. The van der Waals surface area contributed by atoms with E-state index in [1.54, 1.807) is 14.2 Å². The molecule has 0 N–H and O–H groups in total. The van der Waals surface area contributed by atoms with Crippen molar-refractivity contribution in [3.8, 4) is 0 Å². The fourth-order valence-electron chi connectivity index (χ4n) is 1.68. The second kappa shape index (κ2) is 8.32. The van der Waals surface area contributed by atoms with E-state index in [1.165, 1.54) is 0 Å². The van der Waals surface area contributed by atoms with Crippen LogP contribution in [0.5, 0.6) is 0 Å². The maximum Gasteiger partial charge on any atom is 0.0638 e. The molecule has 0 aromatic carbocycles. The summed E-state index contributed by atoms with van der Waals surface area (Å²) in [5.74, 6) is 0. The van der Waals surface area contributed by atoms with Crippen molar-refractivity contribution in [3.05, 3.63) is 0 Å². The van der Waals surface area contributed by atoms with Gasteiger partial charge in [0.1, 0.15) is 0 Å². The van der Waals surface area contributed by atoms with Gasteiger partial charge in [-0.2, -0.15) is 0 Å². The Labute approximate surface area is 125 Å². The Balaban J connectivity index is 4.82. The van der Waals surface area contributed by atoms with Crippen molar-refractivity contribution in [1.29, 1.82) is 0 Å². The molecule has 0 bridgehead atoms. The maximum atomic E-state index is 6.07. The van der Waals surface area contributed by atoms with Gasteiger partial charge in [-0.15, -0.1) is 0 Å². The zero-order chi connectivity index (χ0) is 15.9. The predicted octanol–water partition coefficient (Wildman–Crippen LogP) is 3.29. The minimum Gasteiger partial charge on any atom is -0.384 e. The van der Waals surface area contributed by atoms with Gasteiger partial charge in [0.15, 0.2) is 0 Å². The van der Waals surface area contributed by atoms with Gasteiger partial charge in [-0.3, -0.25) is 0 Å². The lowest BCUT2D eigenvalue weighted by Crippen LogP contribution is -2.45. The largest absolute Gasteiger partial charge is 0.384 e. The van der Waals surface area contributed by atoms with Gasteiger partial charge < -0.3 is 18.9 Å². The van der Waals surface area contributed by atoms with E-state index >= 15 is 0 Å². The normalized spacial score (nSPS) is 13.8. The first-order valence-corrected chi connectivity index (χ1v) is 7.35. The highest BCUT2D eigenvalue weighted by atomic mass is 16.5. The van der Waals surface area contributed by atoms with E-state index in [1.807, 2.05) is 20.8 Å². The highest BCUT2D eigenvalue weighted by Gasteiger charge is 2.35. The van der Waals surface area contributed by atoms with E-state index in [-0.39, 0.29) is 16.6 Å². The Morgan fingerprint density at radius 1 is 0.700 bits per heavy atom. The van der Waals surface area contributed by atoms with Gasteiger partial charge in [-0.05, 0) is 41.0 Å². The van der Waals surface area contributed by atoms with Crippen LogP contribution in [0.15, 0.2) is 0 Å². The van der Waals surface area contributed by atoms with Crippen LogP contribution in [0, 0.1) is 5.41 Å². The Kier molecular flexibility index (Phi) is 8.26. The summed E-state index contributed by atoms with van der Waals surface area (Å²) in [6, 6.07) is 0. The molecule has 0 aliphatic rings. The summed E-state index contributed by atoms with van der Waals surface area (Å²) in [6.07, 6.45) is 0.961. The SMILES string of the molecule is CCC(C)(C)OCC(COC)(COC)COC(C)(C)C. The van der Waals surface area contributed by atoms with Crippen molar-refractivity contribution in [2.75, 3.05) is 40.6 Å². The molecule has 0 spiro atoms. The molecule has 0 fully saturated rings. The number of hydrogen-bond acceptors (Lipinski definition) is 4. The molecule has 0 atom stereocenters. The third kappa shape index (κ3) is 8.20. The molecule has 4 nitrogen and oxygen atoms in total. The van der Waals surface area contributed by atoms with E-state index in [2.05, 4.69) is 20.8 Å². The first-order valence-electron chi connectivity index (χ1n) is 7.35. The molecule has 122 valence electrons. The monoisotopic (exact) mass is 290 g/mol. The predicted molar refractivity (Wildman–Crippen MR) is 82.2 cm³/mol. The third-order valence-electron chi connectivity index (χ3n) is 3.33. The van der Waals surface area contributed by atoms with Crippen molar-refractivity contribution in [1.82, 2.24) is 0 Å². The lowest BCUT2D eigenvalue weighted by molar-refractivity contribution is -0.148. The molecule has 0 aliphatic heterocycles. The average Bonchev–Trinajstić information content (AvgIpc) is 2.34. The molecule has 0 unspecified atom stereocenters. The van der Waals surface area contributed by atoms with Crippen molar-refractivity contribution in [2.45, 2.75) is 59.2 Å². The number of rotatable bonds is 10. The van der Waals surface area contributed by atoms with Gasteiger partial charge in [0.2, 0.25) is 0 Å². The second-order valence-corrected chi connectivity index (χ2v) is 7.17. The van der Waals surface area contributed by atoms with Crippen LogP contribution in [0.4, 0.5) is 0 Å². The summed E-state index contributed by atoms with van der Waals surface area (Å²) >= 11 is 0. The molecule has 0 heterocycles. The molecule has 20 heavy (non-hydrogen) atoms. The number of hydrogen-bond donors (Lipinski definition) is 0. The third-order valence-corrected chi connectivity index (χ3v) is 3.33. The molecule has 0 aromatic heterocycles. The number of methoxy groups -OCH3 is 2. The molecule has 0 saturated heterocycles. The van der Waals surface area contributed by atoms with E-state index in [0.717, 1.165) is 6.42 Å². The van der Waals surface area contributed by atoms with Crippen LogP contribution in [0.25, 0.3) is 0 Å². The van der Waals surface area contributed by atoms with Crippen LogP contribution in [0.1, 0.15) is 48.0 Å². The van der Waals surface area contributed by atoms with Gasteiger partial charge in [-0.1, -0.05) is 6.92 Å². The molecule has 0 radical (unpaired) electrons. The Hall–Kier alpha value is -0.160. The van der Waals surface area contributed by atoms with E-state index in [4.69, 9.17) is 18.9 Å². The highest BCUT2D eigenvalue weighted by molar-refractivity contribution is 4.82. The lowest BCUT2D eigenvalue weighted by Gasteiger charge is -2.37. The fraction of sp³-hybridized carbons (Fsp3) is 1.00. The van der Waals surface area contributed by atoms with Crippen molar-refractivity contribution < 1.29 is 18.9 Å². The van der Waals surface area contributed by atoms with Gasteiger partial charge >= 0.3 is 0 Å². The van der Waals surface area contributed by atoms with Gasteiger partial charge in [0.25, 0.3) is 0 Å². The van der Waals surface area contributed by atoms with Crippen LogP contribution in [-0.2, 0) is 18.9 Å². The molecular weight excluding hydrogens is 256 g/mol.